The van der Waals surface area contributed by atoms with E-state index in [1.54, 1.807) is 0 Å². The predicted octanol–water partition coefficient (Wildman–Crippen LogP) is 3.86. The van der Waals surface area contributed by atoms with Crippen LogP contribution < -0.4 is 10.7 Å². The quantitative estimate of drug-likeness (QED) is 0.625. The number of nitrogens with zero attached hydrogens (tertiary/aromatic N) is 1. The molecule has 0 atom stereocenters. The minimum atomic E-state index is -4.52. The molecular weight excluding hydrogens is 335 g/mol. The number of hydrogen-bond donors (Lipinski definition) is 2. The van der Waals surface area contributed by atoms with Gasteiger partial charge in [0.1, 0.15) is 0 Å². The highest BCUT2D eigenvalue weighted by Gasteiger charge is 2.30. The fourth-order valence-electron chi connectivity index (χ4n) is 2.57. The number of benzene rings is 1. The average molecular weight is 355 g/mol. The van der Waals surface area contributed by atoms with Crippen LogP contribution in [-0.2, 0) is 15.8 Å². The lowest BCUT2D eigenvalue weighted by atomic mass is 9.99. The molecule has 0 aliphatic heterocycles. The molecule has 0 aromatic heterocycles. The van der Waals surface area contributed by atoms with Crippen LogP contribution in [0, 0.1) is 0 Å². The van der Waals surface area contributed by atoms with Crippen LogP contribution in [0.5, 0.6) is 0 Å². The highest BCUT2D eigenvalue weighted by atomic mass is 19.4. The highest BCUT2D eigenvalue weighted by Crippen LogP contribution is 2.30. The first-order valence-corrected chi connectivity index (χ1v) is 8.20. The van der Waals surface area contributed by atoms with Gasteiger partial charge in [0, 0.05) is 11.4 Å². The summed E-state index contributed by atoms with van der Waals surface area (Å²) in [6.07, 6.45) is 2.43. The van der Waals surface area contributed by atoms with E-state index >= 15 is 0 Å². The molecule has 2 N–H and O–H groups in total. The summed E-state index contributed by atoms with van der Waals surface area (Å²) in [5, 5.41) is 6.12. The molecule has 136 valence electrons. The summed E-state index contributed by atoms with van der Waals surface area (Å²) in [6.45, 7) is 0. The number of halogens is 3. The summed E-state index contributed by atoms with van der Waals surface area (Å²) in [6, 6.07) is 4.09. The first-order valence-electron chi connectivity index (χ1n) is 8.20. The normalized spacial score (nSPS) is 15.7. The van der Waals surface area contributed by atoms with Crippen LogP contribution in [0.25, 0.3) is 0 Å². The van der Waals surface area contributed by atoms with Crippen LogP contribution in [0.4, 0.5) is 18.9 Å². The summed E-state index contributed by atoms with van der Waals surface area (Å²) in [5.74, 6) is -2.07. The van der Waals surface area contributed by atoms with Gasteiger partial charge in [0.2, 0.25) is 0 Å². The van der Waals surface area contributed by atoms with E-state index in [9.17, 15) is 22.8 Å². The molecule has 0 spiro atoms. The third-order valence-electron chi connectivity index (χ3n) is 3.90. The molecule has 0 unspecified atom stereocenters. The molecule has 1 aliphatic carbocycles. The van der Waals surface area contributed by atoms with Crippen molar-refractivity contribution in [3.63, 3.8) is 0 Å². The summed E-state index contributed by atoms with van der Waals surface area (Å²) in [4.78, 5) is 23.6. The Morgan fingerprint density at radius 2 is 1.60 bits per heavy atom. The summed E-state index contributed by atoms with van der Waals surface area (Å²) in [5.41, 5.74) is 2.01. The molecule has 0 saturated heterocycles. The van der Waals surface area contributed by atoms with Gasteiger partial charge in [0.25, 0.3) is 0 Å². The Morgan fingerprint density at radius 3 is 2.24 bits per heavy atom. The highest BCUT2D eigenvalue weighted by molar-refractivity contribution is 6.39. The van der Waals surface area contributed by atoms with Crippen molar-refractivity contribution in [1.29, 1.82) is 0 Å². The number of hydrazone groups is 1. The molecule has 1 aromatic rings. The lowest BCUT2D eigenvalue weighted by molar-refractivity contribution is -0.137. The van der Waals surface area contributed by atoms with Crippen LogP contribution in [0.3, 0.4) is 0 Å². The number of anilines is 1. The lowest BCUT2D eigenvalue weighted by Crippen LogP contribution is -2.33. The molecule has 1 saturated carbocycles. The van der Waals surface area contributed by atoms with Gasteiger partial charge in [-0.15, -0.1) is 0 Å². The molecule has 8 heteroatoms. The van der Waals surface area contributed by atoms with E-state index in [0.717, 1.165) is 62.4 Å². The first-order chi connectivity index (χ1) is 11.9. The van der Waals surface area contributed by atoms with Crippen LogP contribution in [-0.4, -0.2) is 17.5 Å². The Labute approximate surface area is 143 Å². The van der Waals surface area contributed by atoms with Gasteiger partial charge in [-0.1, -0.05) is 25.3 Å². The van der Waals surface area contributed by atoms with Crippen molar-refractivity contribution < 1.29 is 22.8 Å². The Morgan fingerprint density at radius 1 is 0.960 bits per heavy atom. The maximum Gasteiger partial charge on any atom is 0.416 e. The van der Waals surface area contributed by atoms with Gasteiger partial charge in [-0.3, -0.25) is 9.59 Å². The van der Waals surface area contributed by atoms with Crippen molar-refractivity contribution in [1.82, 2.24) is 5.43 Å². The van der Waals surface area contributed by atoms with Crippen LogP contribution >= 0.6 is 0 Å². The predicted molar refractivity (Wildman–Crippen MR) is 88.0 cm³/mol. The average Bonchev–Trinajstić information content (AvgIpc) is 2.53. The molecule has 2 amide bonds. The van der Waals surface area contributed by atoms with Crippen molar-refractivity contribution >= 4 is 23.2 Å². The number of rotatable bonds is 2. The Hall–Kier alpha value is -2.38. The standard InChI is InChI=1S/C17H20F3N3O2/c18-17(19,20)12-7-6-10-14(11-12)21-15(24)16(25)23-22-13-8-4-2-1-3-5-9-13/h6-7,10-11H,1-5,8-9H2,(H,21,24)(H,23,25). The zero-order valence-corrected chi connectivity index (χ0v) is 13.7. The van der Waals surface area contributed by atoms with Crippen molar-refractivity contribution in [3.8, 4) is 0 Å². The fourth-order valence-corrected chi connectivity index (χ4v) is 2.57. The maximum absolute atomic E-state index is 12.6. The van der Waals surface area contributed by atoms with E-state index in [1.807, 2.05) is 0 Å². The van der Waals surface area contributed by atoms with Gasteiger partial charge in [0.05, 0.1) is 5.56 Å². The molecular formula is C17H20F3N3O2. The summed E-state index contributed by atoms with van der Waals surface area (Å²) < 4.78 is 37.9. The molecule has 0 heterocycles. The van der Waals surface area contributed by atoms with Gasteiger partial charge in [-0.2, -0.15) is 18.3 Å². The topological polar surface area (TPSA) is 70.6 Å². The number of carbonyl (C=O) groups excluding carboxylic acids is 2. The molecule has 0 bridgehead atoms. The number of nitrogens with one attached hydrogen (secondary N) is 2. The Bertz CT molecular complexity index is 647. The van der Waals surface area contributed by atoms with E-state index < -0.39 is 23.6 Å². The second kappa shape index (κ2) is 8.64. The van der Waals surface area contributed by atoms with Gasteiger partial charge >= 0.3 is 18.0 Å². The van der Waals surface area contributed by atoms with Crippen molar-refractivity contribution in [2.45, 2.75) is 51.1 Å². The largest absolute Gasteiger partial charge is 0.416 e. The van der Waals surface area contributed by atoms with Gasteiger partial charge in [-0.05, 0) is 43.9 Å². The van der Waals surface area contributed by atoms with Gasteiger partial charge < -0.3 is 5.32 Å². The Kier molecular flexibility index (Phi) is 6.55. The van der Waals surface area contributed by atoms with Crippen molar-refractivity contribution in [3.05, 3.63) is 29.8 Å². The second-order valence-corrected chi connectivity index (χ2v) is 5.92. The summed E-state index contributed by atoms with van der Waals surface area (Å²) in [7, 11) is 0. The molecule has 1 fully saturated rings. The fraction of sp³-hybridized carbons (Fsp3) is 0.471. The number of alkyl halides is 3. The van der Waals surface area contributed by atoms with Crippen molar-refractivity contribution in [2.24, 2.45) is 5.10 Å². The lowest BCUT2D eigenvalue weighted by Gasteiger charge is -2.11. The molecule has 0 radical (unpaired) electrons. The SMILES string of the molecule is O=C(NN=C1CCCCCCC1)C(=O)Nc1cccc(C(F)(F)F)c1. The third-order valence-corrected chi connectivity index (χ3v) is 3.90. The molecule has 2 rings (SSSR count). The number of hydrogen-bond acceptors (Lipinski definition) is 3. The van der Waals surface area contributed by atoms with Crippen LogP contribution in [0.15, 0.2) is 29.4 Å². The number of carbonyl (C=O) groups is 2. The van der Waals surface area contributed by atoms with Gasteiger partial charge in [-0.25, -0.2) is 5.43 Å². The second-order valence-electron chi connectivity index (χ2n) is 5.92. The van der Waals surface area contributed by atoms with Crippen LogP contribution in [0.2, 0.25) is 0 Å². The van der Waals surface area contributed by atoms with Crippen LogP contribution in [0.1, 0.15) is 50.5 Å². The van der Waals surface area contributed by atoms with Crippen molar-refractivity contribution in [2.75, 3.05) is 5.32 Å². The first kappa shape index (κ1) is 19.0. The molecule has 5 nitrogen and oxygen atoms in total. The van der Waals surface area contributed by atoms with E-state index in [0.29, 0.717) is 0 Å². The van der Waals surface area contributed by atoms with E-state index in [2.05, 4.69) is 15.8 Å². The zero-order chi connectivity index (χ0) is 18.3. The molecule has 25 heavy (non-hydrogen) atoms. The molecule has 1 aromatic carbocycles. The zero-order valence-electron chi connectivity index (χ0n) is 13.7. The minimum absolute atomic E-state index is 0.103. The van der Waals surface area contributed by atoms with Gasteiger partial charge in [0.15, 0.2) is 0 Å². The van der Waals surface area contributed by atoms with E-state index in [4.69, 9.17) is 0 Å². The number of amides is 2. The van der Waals surface area contributed by atoms with E-state index in [-0.39, 0.29) is 5.69 Å². The summed E-state index contributed by atoms with van der Waals surface area (Å²) >= 11 is 0. The Balaban J connectivity index is 1.93. The smallest absolute Gasteiger partial charge is 0.318 e. The van der Waals surface area contributed by atoms with E-state index in [1.165, 1.54) is 12.5 Å². The molecule has 1 aliphatic rings. The third kappa shape index (κ3) is 6.21. The minimum Gasteiger partial charge on any atom is -0.318 e. The monoisotopic (exact) mass is 355 g/mol. The maximum atomic E-state index is 12.6.